The van der Waals surface area contributed by atoms with Gasteiger partial charge in [-0.15, -0.1) is 0 Å². The molecule has 5 nitrogen and oxygen atoms in total. The molecule has 1 saturated heterocycles. The fourth-order valence-corrected chi connectivity index (χ4v) is 2.96. The number of halogens is 1. The summed E-state index contributed by atoms with van der Waals surface area (Å²) in [5, 5.41) is 8.72. The second kappa shape index (κ2) is 7.41. The van der Waals surface area contributed by atoms with Gasteiger partial charge in [-0.25, -0.2) is 0 Å². The maximum atomic E-state index is 6.35. The summed E-state index contributed by atoms with van der Waals surface area (Å²) in [4.78, 5) is 2.40. The molecule has 2 rings (SSSR count). The Morgan fingerprint density at radius 3 is 2.90 bits per heavy atom. The Morgan fingerprint density at radius 1 is 1.55 bits per heavy atom. The number of hydrogen-bond acceptors (Lipinski definition) is 4. The second-order valence-corrected chi connectivity index (χ2v) is 5.87. The van der Waals surface area contributed by atoms with Crippen LogP contribution in [0.5, 0.6) is 0 Å². The molecule has 0 bridgehead atoms. The molecular formula is C14H25ClN4O. The number of methoxy groups -OCH3 is 1. The molecule has 0 saturated carbocycles. The van der Waals surface area contributed by atoms with E-state index in [1.54, 1.807) is 7.11 Å². The van der Waals surface area contributed by atoms with Gasteiger partial charge >= 0.3 is 0 Å². The zero-order chi connectivity index (χ0) is 14.5. The van der Waals surface area contributed by atoms with Crippen LogP contribution in [0.3, 0.4) is 0 Å². The first-order chi connectivity index (χ1) is 9.61. The molecule has 0 aromatic carbocycles. The maximum Gasteiger partial charge on any atom is 0.0860 e. The van der Waals surface area contributed by atoms with Crippen LogP contribution in [0.15, 0.2) is 0 Å². The summed E-state index contributed by atoms with van der Waals surface area (Å²) in [5.41, 5.74) is 1.98. The highest BCUT2D eigenvalue weighted by Crippen LogP contribution is 2.21. The molecule has 0 radical (unpaired) electrons. The normalized spacial score (nSPS) is 19.1. The molecule has 0 spiro atoms. The Balaban J connectivity index is 2.01. The van der Waals surface area contributed by atoms with Gasteiger partial charge in [-0.05, 0) is 26.3 Å². The molecule has 1 aromatic heterocycles. The third kappa shape index (κ3) is 3.95. The van der Waals surface area contributed by atoms with Gasteiger partial charge in [0.15, 0.2) is 0 Å². The third-order valence-corrected chi connectivity index (χ3v) is 4.38. The van der Waals surface area contributed by atoms with Crippen molar-refractivity contribution in [2.75, 3.05) is 33.4 Å². The molecule has 1 aliphatic rings. The zero-order valence-electron chi connectivity index (χ0n) is 12.7. The number of rotatable bonds is 7. The highest BCUT2D eigenvalue weighted by molar-refractivity contribution is 6.31. The van der Waals surface area contributed by atoms with Crippen LogP contribution in [0.25, 0.3) is 0 Å². The van der Waals surface area contributed by atoms with E-state index >= 15 is 0 Å². The van der Waals surface area contributed by atoms with E-state index in [0.717, 1.165) is 49.2 Å². The molecule has 1 aliphatic heterocycles. The fraction of sp³-hybridized carbons (Fsp3) is 0.786. The Bertz CT molecular complexity index is 429. The molecular weight excluding hydrogens is 276 g/mol. The van der Waals surface area contributed by atoms with E-state index in [-0.39, 0.29) is 0 Å². The Labute approximate surface area is 126 Å². The van der Waals surface area contributed by atoms with Crippen molar-refractivity contribution < 1.29 is 4.74 Å². The largest absolute Gasteiger partial charge is 0.383 e. The van der Waals surface area contributed by atoms with Crippen LogP contribution in [0, 0.1) is 6.92 Å². The maximum absolute atomic E-state index is 6.35. The molecule has 0 amide bonds. The van der Waals surface area contributed by atoms with Crippen LogP contribution < -0.4 is 5.32 Å². The highest BCUT2D eigenvalue weighted by Gasteiger charge is 2.20. The number of hydrogen-bond donors (Lipinski definition) is 1. The van der Waals surface area contributed by atoms with E-state index in [1.807, 2.05) is 18.7 Å². The molecule has 20 heavy (non-hydrogen) atoms. The molecule has 1 N–H and O–H groups in total. The van der Waals surface area contributed by atoms with Gasteiger partial charge in [0, 0.05) is 39.8 Å². The van der Waals surface area contributed by atoms with Crippen molar-refractivity contribution in [1.29, 1.82) is 0 Å². The lowest BCUT2D eigenvalue weighted by molar-refractivity contribution is 0.136. The first-order valence-corrected chi connectivity index (χ1v) is 7.62. The fourth-order valence-electron chi connectivity index (χ4n) is 2.74. The molecule has 0 aliphatic carbocycles. The van der Waals surface area contributed by atoms with Crippen molar-refractivity contribution >= 4 is 11.6 Å². The smallest absolute Gasteiger partial charge is 0.0860 e. The second-order valence-electron chi connectivity index (χ2n) is 5.49. The molecule has 6 heteroatoms. The predicted molar refractivity (Wildman–Crippen MR) is 81.1 cm³/mol. The van der Waals surface area contributed by atoms with E-state index in [0.29, 0.717) is 6.04 Å². The van der Waals surface area contributed by atoms with Gasteiger partial charge in [0.2, 0.25) is 0 Å². The SMILES string of the molecule is COCCN(Cc1c(Cl)c(C)nn1C)CC1CCCN1. The van der Waals surface area contributed by atoms with E-state index in [1.165, 1.54) is 12.8 Å². The van der Waals surface area contributed by atoms with Gasteiger partial charge in [0.1, 0.15) is 0 Å². The average molecular weight is 301 g/mol. The van der Waals surface area contributed by atoms with Gasteiger partial charge in [0.05, 0.1) is 23.0 Å². The Hall–Kier alpha value is -0.620. The standard InChI is InChI=1S/C14H25ClN4O/c1-11-14(15)13(18(2)17-11)10-19(7-8-20-3)9-12-5-4-6-16-12/h12,16H,4-10H2,1-3H3. The Kier molecular flexibility index (Phi) is 5.84. The van der Waals surface area contributed by atoms with Gasteiger partial charge in [-0.2, -0.15) is 5.10 Å². The topological polar surface area (TPSA) is 42.3 Å². The summed E-state index contributed by atoms with van der Waals surface area (Å²) in [6.07, 6.45) is 2.52. The van der Waals surface area contributed by atoms with Crippen molar-refractivity contribution in [2.45, 2.75) is 32.4 Å². The Morgan fingerprint density at radius 2 is 2.35 bits per heavy atom. The summed E-state index contributed by atoms with van der Waals surface area (Å²) in [7, 11) is 3.70. The molecule has 1 fully saturated rings. The van der Waals surface area contributed by atoms with E-state index in [2.05, 4.69) is 15.3 Å². The third-order valence-electron chi connectivity index (χ3n) is 3.89. The average Bonchev–Trinajstić information content (AvgIpc) is 3.00. The first kappa shape index (κ1) is 15.8. The van der Waals surface area contributed by atoms with Crippen LogP contribution >= 0.6 is 11.6 Å². The van der Waals surface area contributed by atoms with Crippen molar-refractivity contribution in [3.05, 3.63) is 16.4 Å². The quantitative estimate of drug-likeness (QED) is 0.830. The molecule has 1 aromatic rings. The monoisotopic (exact) mass is 300 g/mol. The van der Waals surface area contributed by atoms with E-state index < -0.39 is 0 Å². The minimum absolute atomic E-state index is 0.583. The summed E-state index contributed by atoms with van der Waals surface area (Å²) in [6.45, 7) is 6.58. The van der Waals surface area contributed by atoms with Crippen LogP contribution in [0.1, 0.15) is 24.2 Å². The zero-order valence-corrected chi connectivity index (χ0v) is 13.4. The van der Waals surface area contributed by atoms with Gasteiger partial charge in [-0.1, -0.05) is 11.6 Å². The van der Waals surface area contributed by atoms with E-state index in [4.69, 9.17) is 16.3 Å². The summed E-state index contributed by atoms with van der Waals surface area (Å²) in [6, 6.07) is 0.583. The lowest BCUT2D eigenvalue weighted by Gasteiger charge is -2.25. The van der Waals surface area contributed by atoms with Gasteiger partial charge < -0.3 is 10.1 Å². The molecule has 114 valence electrons. The lowest BCUT2D eigenvalue weighted by atomic mass is 10.2. The summed E-state index contributed by atoms with van der Waals surface area (Å²) in [5.74, 6) is 0. The van der Waals surface area contributed by atoms with Crippen LogP contribution in [-0.2, 0) is 18.3 Å². The molecule has 1 unspecified atom stereocenters. The van der Waals surface area contributed by atoms with Gasteiger partial charge in [-0.3, -0.25) is 9.58 Å². The molecule has 1 atom stereocenters. The molecule has 2 heterocycles. The van der Waals surface area contributed by atoms with Crippen LogP contribution in [0.2, 0.25) is 5.02 Å². The minimum atomic E-state index is 0.583. The number of nitrogens with zero attached hydrogens (tertiary/aromatic N) is 3. The number of aromatic nitrogens is 2. The van der Waals surface area contributed by atoms with Crippen LogP contribution in [0.4, 0.5) is 0 Å². The number of ether oxygens (including phenoxy) is 1. The van der Waals surface area contributed by atoms with Crippen LogP contribution in [-0.4, -0.2) is 54.1 Å². The van der Waals surface area contributed by atoms with Gasteiger partial charge in [0.25, 0.3) is 0 Å². The van der Waals surface area contributed by atoms with Crippen molar-refractivity contribution in [2.24, 2.45) is 7.05 Å². The van der Waals surface area contributed by atoms with E-state index in [9.17, 15) is 0 Å². The van der Waals surface area contributed by atoms with Crippen molar-refractivity contribution in [1.82, 2.24) is 20.0 Å². The van der Waals surface area contributed by atoms with Crippen molar-refractivity contribution in [3.63, 3.8) is 0 Å². The number of nitrogens with one attached hydrogen (secondary N) is 1. The van der Waals surface area contributed by atoms with Crippen molar-refractivity contribution in [3.8, 4) is 0 Å². The summed E-state index contributed by atoms with van der Waals surface area (Å²) < 4.78 is 7.11. The lowest BCUT2D eigenvalue weighted by Crippen LogP contribution is -2.39. The first-order valence-electron chi connectivity index (χ1n) is 7.24. The highest BCUT2D eigenvalue weighted by atomic mass is 35.5. The number of aryl methyl sites for hydroxylation is 2. The minimum Gasteiger partial charge on any atom is -0.383 e. The summed E-state index contributed by atoms with van der Waals surface area (Å²) >= 11 is 6.35. The predicted octanol–water partition coefficient (Wildman–Crippen LogP) is 1.58.